The van der Waals surface area contributed by atoms with E-state index in [-0.39, 0.29) is 11.9 Å². The molecular formula is C15H21Cl2N3O. The Bertz CT molecular complexity index is 509. The van der Waals surface area contributed by atoms with Gasteiger partial charge in [0.15, 0.2) is 0 Å². The molecule has 0 saturated heterocycles. The smallest absolute Gasteiger partial charge is 0.241 e. The first-order valence-electron chi connectivity index (χ1n) is 7.25. The molecule has 1 fully saturated rings. The van der Waals surface area contributed by atoms with Gasteiger partial charge in [0.2, 0.25) is 5.91 Å². The zero-order chi connectivity index (χ0) is 15.6. The van der Waals surface area contributed by atoms with Crippen molar-refractivity contribution in [2.75, 3.05) is 17.6 Å². The molecule has 0 radical (unpaired) electrons. The number of nitrogens with two attached hydrogens (primary N) is 1. The van der Waals surface area contributed by atoms with Crippen molar-refractivity contribution < 1.29 is 4.79 Å². The number of nitrogens with zero attached hydrogens (tertiary/aromatic N) is 1. The van der Waals surface area contributed by atoms with Crippen molar-refractivity contribution in [1.29, 1.82) is 0 Å². The molecule has 1 aliphatic rings. The lowest BCUT2D eigenvalue weighted by atomic mass is 10.2. The lowest BCUT2D eigenvalue weighted by Gasteiger charge is -2.28. The highest BCUT2D eigenvalue weighted by molar-refractivity contribution is 6.37. The maximum absolute atomic E-state index is 12.5. The van der Waals surface area contributed by atoms with Crippen LogP contribution in [-0.2, 0) is 4.79 Å². The molecule has 1 aliphatic carbocycles. The number of benzene rings is 1. The van der Waals surface area contributed by atoms with Crippen LogP contribution in [0.5, 0.6) is 0 Å². The summed E-state index contributed by atoms with van der Waals surface area (Å²) in [6, 6.07) is 3.48. The van der Waals surface area contributed by atoms with Crippen LogP contribution in [0, 0.1) is 0 Å². The van der Waals surface area contributed by atoms with E-state index in [1.165, 1.54) is 12.8 Å². The van der Waals surface area contributed by atoms with Crippen molar-refractivity contribution >= 4 is 40.5 Å². The molecular weight excluding hydrogens is 309 g/mol. The fraction of sp³-hybridized carbons (Fsp3) is 0.533. The van der Waals surface area contributed by atoms with Gasteiger partial charge in [-0.3, -0.25) is 9.69 Å². The van der Waals surface area contributed by atoms with Crippen LogP contribution in [0.1, 0.15) is 33.1 Å². The number of hydrogen-bond donors (Lipinski definition) is 2. The molecule has 4 nitrogen and oxygen atoms in total. The second kappa shape index (κ2) is 6.86. The van der Waals surface area contributed by atoms with Crippen LogP contribution < -0.4 is 11.1 Å². The second-order valence-corrected chi connectivity index (χ2v) is 6.33. The zero-order valence-electron chi connectivity index (χ0n) is 12.3. The Morgan fingerprint density at radius 1 is 1.48 bits per heavy atom. The third-order valence-corrected chi connectivity index (χ3v) is 4.22. The Kier molecular flexibility index (Phi) is 5.36. The maximum atomic E-state index is 12.5. The van der Waals surface area contributed by atoms with E-state index in [0.717, 1.165) is 13.0 Å². The molecule has 1 unspecified atom stereocenters. The lowest BCUT2D eigenvalue weighted by molar-refractivity contribution is -0.121. The summed E-state index contributed by atoms with van der Waals surface area (Å²) in [5.74, 6) is -0.0914. The van der Waals surface area contributed by atoms with Crippen LogP contribution in [0.25, 0.3) is 0 Å². The predicted octanol–water partition coefficient (Wildman–Crippen LogP) is 3.78. The Morgan fingerprint density at radius 2 is 2.14 bits per heavy atom. The van der Waals surface area contributed by atoms with E-state index < -0.39 is 0 Å². The molecule has 0 bridgehead atoms. The van der Waals surface area contributed by atoms with Gasteiger partial charge in [-0.2, -0.15) is 0 Å². The summed E-state index contributed by atoms with van der Waals surface area (Å²) in [7, 11) is 0. The molecule has 1 amide bonds. The quantitative estimate of drug-likeness (QED) is 0.781. The van der Waals surface area contributed by atoms with Crippen molar-refractivity contribution in [2.24, 2.45) is 0 Å². The molecule has 116 valence electrons. The average Bonchev–Trinajstić information content (AvgIpc) is 3.23. The number of rotatable bonds is 6. The molecule has 0 aliphatic heterocycles. The number of carbonyl (C=O) groups is 1. The van der Waals surface area contributed by atoms with E-state index in [0.29, 0.717) is 27.5 Å². The van der Waals surface area contributed by atoms with Crippen LogP contribution in [0.2, 0.25) is 10.0 Å². The average molecular weight is 330 g/mol. The number of nitrogen functional groups attached to an aromatic ring is 1. The van der Waals surface area contributed by atoms with E-state index in [2.05, 4.69) is 17.1 Å². The van der Waals surface area contributed by atoms with Gasteiger partial charge in [-0.25, -0.2) is 0 Å². The largest absolute Gasteiger partial charge is 0.397 e. The van der Waals surface area contributed by atoms with Gasteiger partial charge in [-0.15, -0.1) is 0 Å². The van der Waals surface area contributed by atoms with E-state index in [1.807, 2.05) is 6.92 Å². The first-order valence-corrected chi connectivity index (χ1v) is 8.00. The Hall–Kier alpha value is -0.970. The molecule has 21 heavy (non-hydrogen) atoms. The van der Waals surface area contributed by atoms with E-state index in [9.17, 15) is 4.79 Å². The fourth-order valence-corrected chi connectivity index (χ4v) is 3.02. The van der Waals surface area contributed by atoms with Gasteiger partial charge in [-0.1, -0.05) is 30.1 Å². The molecule has 2 rings (SSSR count). The van der Waals surface area contributed by atoms with Crippen LogP contribution in [0.15, 0.2) is 12.1 Å². The van der Waals surface area contributed by atoms with Gasteiger partial charge in [-0.05, 0) is 44.9 Å². The van der Waals surface area contributed by atoms with Crippen LogP contribution in [0.3, 0.4) is 0 Å². The minimum Gasteiger partial charge on any atom is -0.397 e. The predicted molar refractivity (Wildman–Crippen MR) is 89.0 cm³/mol. The Labute approximate surface area is 135 Å². The van der Waals surface area contributed by atoms with Crippen molar-refractivity contribution in [3.05, 3.63) is 22.2 Å². The third kappa shape index (κ3) is 4.02. The normalized spacial score (nSPS) is 16.0. The Morgan fingerprint density at radius 3 is 2.67 bits per heavy atom. The van der Waals surface area contributed by atoms with Crippen LogP contribution in [0.4, 0.5) is 11.4 Å². The summed E-state index contributed by atoms with van der Waals surface area (Å²) in [5.41, 5.74) is 6.69. The van der Waals surface area contributed by atoms with Crippen molar-refractivity contribution in [1.82, 2.24) is 4.90 Å². The zero-order valence-corrected chi connectivity index (χ0v) is 13.8. The molecule has 1 aromatic rings. The van der Waals surface area contributed by atoms with E-state index in [1.54, 1.807) is 12.1 Å². The first kappa shape index (κ1) is 16.4. The van der Waals surface area contributed by atoms with Gasteiger partial charge >= 0.3 is 0 Å². The number of halogens is 2. The summed E-state index contributed by atoms with van der Waals surface area (Å²) >= 11 is 12.0. The van der Waals surface area contributed by atoms with E-state index >= 15 is 0 Å². The number of amides is 1. The molecule has 6 heteroatoms. The van der Waals surface area contributed by atoms with E-state index in [4.69, 9.17) is 28.9 Å². The van der Waals surface area contributed by atoms with Gasteiger partial charge < -0.3 is 11.1 Å². The maximum Gasteiger partial charge on any atom is 0.241 e. The van der Waals surface area contributed by atoms with Crippen molar-refractivity contribution in [3.8, 4) is 0 Å². The molecule has 1 aromatic carbocycles. The van der Waals surface area contributed by atoms with Crippen LogP contribution in [-0.4, -0.2) is 29.4 Å². The number of carbonyl (C=O) groups excluding carboxylic acids is 1. The first-order chi connectivity index (χ1) is 9.93. The minimum atomic E-state index is -0.205. The third-order valence-electron chi connectivity index (χ3n) is 3.71. The minimum absolute atomic E-state index is 0.0914. The standard InChI is InChI=1S/C15H21Cl2N3O/c1-3-6-20(11-4-5-11)9(2)15(21)19-14-12(17)7-10(16)8-13(14)18/h7-9,11H,3-6,18H2,1-2H3,(H,19,21). The molecule has 0 heterocycles. The molecule has 0 aromatic heterocycles. The summed E-state index contributed by atoms with van der Waals surface area (Å²) in [6.45, 7) is 4.96. The highest BCUT2D eigenvalue weighted by atomic mass is 35.5. The van der Waals surface area contributed by atoms with Gasteiger partial charge in [0.05, 0.1) is 22.4 Å². The Balaban J connectivity index is 2.10. The molecule has 3 N–H and O–H groups in total. The van der Waals surface area contributed by atoms with Gasteiger partial charge in [0, 0.05) is 11.1 Å². The number of nitrogens with one attached hydrogen (secondary N) is 1. The fourth-order valence-electron chi connectivity index (χ4n) is 2.46. The molecule has 1 atom stereocenters. The van der Waals surface area contributed by atoms with Crippen molar-refractivity contribution in [2.45, 2.75) is 45.2 Å². The highest BCUT2D eigenvalue weighted by Crippen LogP contribution is 2.33. The monoisotopic (exact) mass is 329 g/mol. The van der Waals surface area contributed by atoms with Crippen molar-refractivity contribution in [3.63, 3.8) is 0 Å². The van der Waals surface area contributed by atoms with Gasteiger partial charge in [0.1, 0.15) is 0 Å². The second-order valence-electron chi connectivity index (χ2n) is 5.49. The summed E-state index contributed by atoms with van der Waals surface area (Å²) in [5, 5.41) is 3.64. The summed E-state index contributed by atoms with van der Waals surface area (Å²) in [6.07, 6.45) is 3.36. The molecule has 0 spiro atoms. The topological polar surface area (TPSA) is 58.4 Å². The summed E-state index contributed by atoms with van der Waals surface area (Å²) in [4.78, 5) is 14.7. The summed E-state index contributed by atoms with van der Waals surface area (Å²) < 4.78 is 0. The van der Waals surface area contributed by atoms with Gasteiger partial charge in [0.25, 0.3) is 0 Å². The number of hydrogen-bond acceptors (Lipinski definition) is 3. The lowest BCUT2D eigenvalue weighted by Crippen LogP contribution is -2.43. The molecule has 1 saturated carbocycles. The number of anilines is 2. The van der Waals surface area contributed by atoms with Crippen LogP contribution >= 0.6 is 23.2 Å². The SMILES string of the molecule is CCCN(C1CC1)C(C)C(=O)Nc1c(N)cc(Cl)cc1Cl. The highest BCUT2D eigenvalue weighted by Gasteiger charge is 2.34.